The van der Waals surface area contributed by atoms with Gasteiger partial charge >= 0.3 is 11.9 Å². The van der Waals surface area contributed by atoms with Crippen molar-refractivity contribution in [3.05, 3.63) is 318 Å². The minimum Gasteiger partial charge on any atom is -0.481 e. The first-order valence-corrected chi connectivity index (χ1v) is 49.9. The lowest BCUT2D eigenvalue weighted by Gasteiger charge is -2.32. The summed E-state index contributed by atoms with van der Waals surface area (Å²) in [6.07, 6.45) is 19.8. The SMILES string of the molecule is Cc1ccc2c(/C=C/C3=C(Sc4ccc(CC(=O)O)cc4)C(=C/C=C4c5ccc(S(=O)(=O)O)cc5N(C)c5cc(S(=O)(=O)O)ccc54)/CCC3)c3ccc(S(=O)(=O)O)cc3[n+](C)c2c1.Cc1ccc2c(c1)N(C)c1cc(S(=O)(=O)O)ccc1C2=CC=C1CCCC(C=Cc2c3ccc(S(=O)(=O)O)cc3[n+](C)c3cc(S(=O)(=O)O)ccc23)=C1Cl.O=C(O)Cc1ccc(S)cc1.[2H][2H].[2H][2H].[2H][2H].[2H][2H].[2H][2H].[2H][2H].[2H][2H].[2H][2H].[2H][2H].[2H][2H].[2H][2H].[2H][2H].[2H][2H].[2H][2H].[2H][2H].[2H][2H].[2H][2H].[2H][2H].[2H][2H].[2H][2H].[2H][2H].[2H][2H].[2H][2H].[2H][2H].[2H][2H].[2H][2H].[2H][2H].[2H][2H]. The third-order valence-electron chi connectivity index (χ3n) is 22.6. The Labute approximate surface area is 846 Å². The Hall–Kier alpha value is -11.6. The molecule has 0 spiro atoms. The van der Waals surface area contributed by atoms with Gasteiger partial charge in [0.1, 0.15) is 28.8 Å². The lowest BCUT2D eigenvalue weighted by molar-refractivity contribution is -0.618. The van der Waals surface area contributed by atoms with Crippen LogP contribution in [-0.4, -0.2) is 114 Å². The fourth-order valence-electron chi connectivity index (χ4n) is 16.2. The van der Waals surface area contributed by atoms with Crippen LogP contribution in [-0.2, 0) is 97.2 Å². The molecule has 12 aromatic rings. The Kier molecular flexibility index (Phi) is 18.1. The van der Waals surface area contributed by atoms with Crippen molar-refractivity contribution in [2.24, 2.45) is 14.1 Å². The molecule has 0 amide bonds. The fraction of sp³-hybridized carbons (Fsp3) is 0.149. The predicted octanol–water partition coefficient (Wildman–Crippen LogP) is 25.1. The molecule has 0 bridgehead atoms. The van der Waals surface area contributed by atoms with Crippen LogP contribution in [0.3, 0.4) is 0 Å². The van der Waals surface area contributed by atoms with Gasteiger partial charge in [-0.05, 0) is 217 Å². The molecule has 720 valence electrons. The van der Waals surface area contributed by atoms with E-state index in [4.69, 9.17) is 99.9 Å². The first-order chi connectivity index (χ1) is 88.7. The van der Waals surface area contributed by atoms with Gasteiger partial charge in [-0.15, -0.1) is 12.6 Å². The van der Waals surface area contributed by atoms with E-state index in [1.54, 1.807) is 96.4 Å². The maximum absolute atomic E-state index is 12.2. The van der Waals surface area contributed by atoms with E-state index < -0.39 is 72.6 Å². The van der Waals surface area contributed by atoms with Crippen molar-refractivity contribution in [1.29, 1.82) is 0 Å². The number of benzene rings is 10. The van der Waals surface area contributed by atoms with E-state index in [0.717, 1.165) is 111 Å². The monoisotopic (exact) mass is 2020 g/mol. The van der Waals surface area contributed by atoms with Gasteiger partial charge in [-0.3, -0.25) is 36.9 Å². The Balaban J connectivity index is -0.000000165. The molecule has 10 aromatic carbocycles. The number of aromatic nitrogens is 2. The molecule has 16 rings (SSSR count). The summed E-state index contributed by atoms with van der Waals surface area (Å²) < 4.78 is 488. The molecule has 35 heteroatoms. The highest BCUT2D eigenvalue weighted by Gasteiger charge is 2.32. The molecule has 8 N–H and O–H groups in total. The summed E-state index contributed by atoms with van der Waals surface area (Å²) in [6, 6.07) is 52.2. The number of aryl methyl sites for hydroxylation is 4. The minimum absolute atomic E-state index is 0.0774. The summed E-state index contributed by atoms with van der Waals surface area (Å²) >= 11 is 12.7. The average molecular weight is 2030 g/mol. The maximum atomic E-state index is 12.2. The van der Waals surface area contributed by atoms with Gasteiger partial charge < -0.3 is 20.0 Å². The van der Waals surface area contributed by atoms with Gasteiger partial charge in [0, 0.05) is 180 Å². The summed E-state index contributed by atoms with van der Waals surface area (Å²) in [5.41, 5.74) is 17.4. The second-order valence-electron chi connectivity index (χ2n) is 31.2. The van der Waals surface area contributed by atoms with Crippen LogP contribution in [0.4, 0.5) is 22.7 Å². The first kappa shape index (κ1) is 63.4. The lowest BCUT2D eigenvalue weighted by atomic mass is 9.88. The highest BCUT2D eigenvalue weighted by molar-refractivity contribution is 8.03. The highest BCUT2D eigenvalue weighted by atomic mass is 35.5. The molecule has 2 aliphatic heterocycles. The summed E-state index contributed by atoms with van der Waals surface area (Å²) in [6.45, 7) is 3.94. The number of nitrogens with zero attached hydrogens (tertiary/aromatic N) is 4. The molecular weight excluding hydrogens is 1830 g/mol. The lowest BCUT2D eigenvalue weighted by Crippen LogP contribution is -2.31. The Morgan fingerprint density at radius 2 is 0.729 bits per heavy atom. The number of thiol groups is 1. The third kappa shape index (κ3) is 20.5. The van der Waals surface area contributed by atoms with Crippen LogP contribution in [0.5, 0.6) is 0 Å². The quantitative estimate of drug-likeness (QED) is 0.0167. The molecule has 2 aromatic heterocycles. The molecule has 0 saturated heterocycles. The van der Waals surface area contributed by atoms with Crippen LogP contribution in [0.2, 0.25) is 0 Å². The van der Waals surface area contributed by atoms with Crippen molar-refractivity contribution in [2.75, 3.05) is 23.9 Å². The molecule has 0 atom stereocenters. The number of fused-ring (bicyclic) bond motifs is 8. The van der Waals surface area contributed by atoms with Gasteiger partial charge in [0.15, 0.2) is 0 Å². The van der Waals surface area contributed by atoms with Gasteiger partial charge in [-0.25, -0.2) is 0 Å². The van der Waals surface area contributed by atoms with Crippen molar-refractivity contribution in [3.63, 3.8) is 0 Å². The normalized spacial score (nSPS) is 17.2. The number of anilines is 4. The zero-order chi connectivity index (χ0) is 149. The van der Waals surface area contributed by atoms with Crippen molar-refractivity contribution in [3.8, 4) is 0 Å². The topological polar surface area (TPSA) is 415 Å². The molecule has 4 heterocycles. The fourth-order valence-corrected chi connectivity index (χ4v) is 20.8. The van der Waals surface area contributed by atoms with Gasteiger partial charge in [-0.2, -0.15) is 59.6 Å². The van der Waals surface area contributed by atoms with Crippen LogP contribution < -0.4 is 18.9 Å². The standard InChI is InChI=1S/C47H40N2O11S4.C39H33ClN2O9S3.C8H8O2S.28H2/c1-28-7-17-38-36(39-20-14-33(62(52,53)54)25-43(39)48(2)42(38)23-28)18-10-30-5-4-6-31(47(30)61-32-12-8-29(9-13-32)24-46(50)51)11-19-37-40-21-15-34(63(55,56)57)26-44(40)49(3)45-27-35(64(58,59)60)16-22-41(37)45;1-23-7-13-31-29(32-16-10-26(52(43,44)45)20-36(32)41(2)35(31)19-23)14-8-24-5-4-6-25(39(24)40)9-15-30-33-17-11-27(53(46,47)48)21-37(33)42(3)38-22-28(54(49,50)51)12-18-34(30)38;9-8(10)5-6-1-3-7(11)4-2-6;;;;;;;;;;;;;;;;;;;;;;;;;;;;/h7-23,25-27H,4-6,24H2,1-3H3,(H3-,50,51,52,53,54,55,56,57,58,59,60);7-22H,4-6H2,1-3H3,(H2-,43,44,45,46,47,48,49,50,51);1-4,11H,5H2,(H,9,10);28*1H/p+2/i;;;28*1+1D. The van der Waals surface area contributed by atoms with Gasteiger partial charge in [-0.1, -0.05) is 133 Å². The predicted molar refractivity (Wildman–Crippen MR) is 559 cm³/mol. The molecular formula is C94H139ClN4O22S8+2. The molecule has 0 radical (unpaired) electrons. The number of aliphatic carboxylic acids is 2. The van der Waals surface area contributed by atoms with Crippen LogP contribution in [0.25, 0.3) is 66.9 Å². The van der Waals surface area contributed by atoms with Crippen LogP contribution in [0.1, 0.15) is 177 Å². The van der Waals surface area contributed by atoms with E-state index in [1.807, 2.05) is 128 Å². The second-order valence-corrected chi connectivity index (χ2v) is 41.7. The Bertz CT molecular complexity index is 7790. The molecule has 0 fully saturated rings. The molecule has 2 aliphatic carbocycles. The number of allylic oxidation sites excluding steroid dienone is 11. The van der Waals surface area contributed by atoms with Crippen LogP contribution in [0.15, 0.2) is 302 Å². The van der Waals surface area contributed by atoms with Crippen LogP contribution >= 0.6 is 36.0 Å². The Morgan fingerprint density at radius 1 is 0.411 bits per heavy atom. The summed E-state index contributed by atoms with van der Waals surface area (Å²) in [5, 5.41) is 21.3. The zero-order valence-electron chi connectivity index (χ0n) is 126. The average Bonchev–Trinajstić information content (AvgIpc) is 0.752. The van der Waals surface area contributed by atoms with Crippen molar-refractivity contribution >= 4 is 198 Å². The molecule has 4 aliphatic rings. The van der Waals surface area contributed by atoms with Crippen molar-refractivity contribution in [2.45, 2.75) is 104 Å². The zero-order valence-corrected chi connectivity index (χ0v) is 76.9. The van der Waals surface area contributed by atoms with E-state index in [-0.39, 0.29) is 42.2 Å². The number of halogens is 1. The van der Waals surface area contributed by atoms with E-state index in [1.165, 1.54) is 84.6 Å². The number of carboxylic acid groups (broad SMARTS) is 2. The van der Waals surface area contributed by atoms with Gasteiger partial charge in [0.05, 0.1) is 66.1 Å². The van der Waals surface area contributed by atoms with Gasteiger partial charge in [0.2, 0.25) is 22.1 Å². The number of pyridine rings is 2. The van der Waals surface area contributed by atoms with Crippen molar-refractivity contribution < 1.29 is 190 Å². The first-order valence-electron chi connectivity index (χ1n) is 67.6. The number of hydrogen-bond donors (Lipinski definition) is 9. The summed E-state index contributed by atoms with van der Waals surface area (Å²) in [4.78, 5) is 26.0. The maximum Gasteiger partial charge on any atom is 0.307 e. The van der Waals surface area contributed by atoms with Crippen molar-refractivity contribution in [1.82, 2.24) is 0 Å². The summed E-state index contributed by atoms with van der Waals surface area (Å²) in [7, 11) is -20.3. The van der Waals surface area contributed by atoms with Gasteiger partial charge in [0.25, 0.3) is 60.7 Å². The minimum atomic E-state index is -4.60. The number of thioether (sulfide) groups is 1. The third-order valence-corrected chi connectivity index (χ3v) is 29.8. The van der Waals surface area contributed by atoms with Crippen LogP contribution in [0, 0.1) is 13.8 Å². The number of carboxylic acids is 2. The van der Waals surface area contributed by atoms with E-state index in [2.05, 4.69) is 18.7 Å². The highest BCUT2D eigenvalue weighted by Crippen LogP contribution is 2.50. The number of rotatable bonds is 18. The number of hydrogen-bond acceptors (Lipinski definition) is 18. The molecule has 0 saturated carbocycles. The summed E-state index contributed by atoms with van der Waals surface area (Å²) in [5.74, 6) is -1.75. The van der Waals surface area contributed by atoms with E-state index >= 15 is 0 Å². The largest absolute Gasteiger partial charge is 0.481 e. The molecule has 129 heavy (non-hydrogen) atoms. The smallest absolute Gasteiger partial charge is 0.307 e. The molecule has 26 nitrogen and oxygen atoms in total. The molecule has 0 unspecified atom stereocenters. The number of carbonyl (C=O) groups is 2. The second kappa shape index (κ2) is 36.8. The Morgan fingerprint density at radius 3 is 1.13 bits per heavy atom. The van der Waals surface area contributed by atoms with E-state index in [9.17, 15) is 92.5 Å². The van der Waals surface area contributed by atoms with E-state index in [0.29, 0.717) is 103 Å².